The summed E-state index contributed by atoms with van der Waals surface area (Å²) in [5, 5.41) is 2.66. The van der Waals surface area contributed by atoms with Crippen LogP contribution in [0.4, 0.5) is 5.69 Å². The van der Waals surface area contributed by atoms with Crippen molar-refractivity contribution in [2.45, 2.75) is 6.92 Å². The van der Waals surface area contributed by atoms with Gasteiger partial charge in [0.1, 0.15) is 13.2 Å². The molecule has 0 radical (unpaired) electrons. The van der Waals surface area contributed by atoms with Gasteiger partial charge in [0.05, 0.1) is 0 Å². The molecule has 0 saturated heterocycles. The second-order valence-electron chi connectivity index (χ2n) is 5.76. The van der Waals surface area contributed by atoms with E-state index in [0.29, 0.717) is 30.4 Å². The van der Waals surface area contributed by atoms with Crippen molar-refractivity contribution in [1.29, 1.82) is 0 Å². The number of ether oxygens (including phenoxy) is 3. The molecule has 1 aliphatic rings. The lowest BCUT2D eigenvalue weighted by molar-refractivity contribution is -0.142. The van der Waals surface area contributed by atoms with Gasteiger partial charge in [-0.25, -0.2) is 4.79 Å². The van der Waals surface area contributed by atoms with E-state index in [-0.39, 0.29) is 6.61 Å². The molecule has 0 atom stereocenters. The molecule has 0 unspecified atom stereocenters. The van der Waals surface area contributed by atoms with Crippen molar-refractivity contribution in [2.24, 2.45) is 0 Å². The second kappa shape index (κ2) is 8.20. The number of carbonyl (C=O) groups excluding carboxylic acids is 2. The Labute approximate surface area is 151 Å². The maximum atomic E-state index is 11.8. The summed E-state index contributed by atoms with van der Waals surface area (Å²) in [6.07, 6.45) is 2.86. The van der Waals surface area contributed by atoms with Crippen molar-refractivity contribution in [3.05, 3.63) is 59.7 Å². The Morgan fingerprint density at radius 2 is 1.81 bits per heavy atom. The lowest BCUT2D eigenvalue weighted by Crippen LogP contribution is -2.20. The van der Waals surface area contributed by atoms with Crippen LogP contribution < -0.4 is 14.8 Å². The van der Waals surface area contributed by atoms with Crippen LogP contribution in [0.1, 0.15) is 11.1 Å². The van der Waals surface area contributed by atoms with Crippen molar-refractivity contribution < 1.29 is 23.8 Å². The van der Waals surface area contributed by atoms with Crippen LogP contribution in [0.5, 0.6) is 11.5 Å². The van der Waals surface area contributed by atoms with E-state index in [4.69, 9.17) is 14.2 Å². The van der Waals surface area contributed by atoms with Gasteiger partial charge >= 0.3 is 5.97 Å². The predicted molar refractivity (Wildman–Crippen MR) is 97.2 cm³/mol. The molecule has 0 fully saturated rings. The highest BCUT2D eigenvalue weighted by Gasteiger charge is 2.11. The lowest BCUT2D eigenvalue weighted by atomic mass is 10.2. The quantitative estimate of drug-likeness (QED) is 0.661. The van der Waals surface area contributed by atoms with Gasteiger partial charge in [0.15, 0.2) is 18.1 Å². The SMILES string of the molecule is Cc1ccc(NC(=O)COC(=O)/C=C/c2ccc3c(c2)OCCO3)cc1. The first-order chi connectivity index (χ1) is 12.6. The Kier molecular flexibility index (Phi) is 5.53. The van der Waals surface area contributed by atoms with E-state index < -0.39 is 11.9 Å². The number of fused-ring (bicyclic) bond motifs is 1. The minimum absolute atomic E-state index is 0.349. The molecule has 134 valence electrons. The van der Waals surface area contributed by atoms with Gasteiger partial charge in [-0.05, 0) is 42.8 Å². The number of benzene rings is 2. The standard InChI is InChI=1S/C20H19NO5/c1-14-2-6-16(7-3-14)21-19(22)13-26-20(23)9-5-15-4-8-17-18(12-15)25-11-10-24-17/h2-9,12H,10-11,13H2,1H3,(H,21,22)/b9-5+. The predicted octanol–water partition coefficient (Wildman–Crippen LogP) is 2.96. The third kappa shape index (κ3) is 4.86. The molecule has 0 saturated carbocycles. The molecule has 2 aromatic rings. The molecule has 0 aromatic heterocycles. The zero-order valence-corrected chi connectivity index (χ0v) is 14.4. The number of rotatable bonds is 5. The molecule has 6 heteroatoms. The minimum atomic E-state index is -0.598. The number of hydrogen-bond acceptors (Lipinski definition) is 5. The molecular formula is C20H19NO5. The molecule has 1 aliphatic heterocycles. The summed E-state index contributed by atoms with van der Waals surface area (Å²) < 4.78 is 15.9. The van der Waals surface area contributed by atoms with Crippen LogP contribution >= 0.6 is 0 Å². The van der Waals surface area contributed by atoms with Crippen molar-refractivity contribution in [3.63, 3.8) is 0 Å². The average molecular weight is 353 g/mol. The van der Waals surface area contributed by atoms with Crippen LogP contribution in [-0.4, -0.2) is 31.7 Å². The summed E-state index contributed by atoms with van der Waals surface area (Å²) in [4.78, 5) is 23.6. The van der Waals surface area contributed by atoms with Gasteiger partial charge in [-0.3, -0.25) is 4.79 Å². The number of carbonyl (C=O) groups is 2. The van der Waals surface area contributed by atoms with E-state index >= 15 is 0 Å². The highest BCUT2D eigenvalue weighted by molar-refractivity contribution is 5.94. The molecule has 1 amide bonds. The van der Waals surface area contributed by atoms with E-state index in [1.54, 1.807) is 36.4 Å². The highest BCUT2D eigenvalue weighted by atomic mass is 16.6. The van der Waals surface area contributed by atoms with Gasteiger partial charge in [0.25, 0.3) is 5.91 Å². The Morgan fingerprint density at radius 1 is 1.08 bits per heavy atom. The lowest BCUT2D eigenvalue weighted by Gasteiger charge is -2.18. The number of anilines is 1. The first-order valence-corrected chi connectivity index (χ1v) is 8.21. The first-order valence-electron chi connectivity index (χ1n) is 8.21. The summed E-state index contributed by atoms with van der Waals surface area (Å²) in [5.74, 6) is 0.335. The number of aryl methyl sites for hydroxylation is 1. The number of esters is 1. The summed E-state index contributed by atoms with van der Waals surface area (Å²) in [6, 6.07) is 12.7. The summed E-state index contributed by atoms with van der Waals surface area (Å²) >= 11 is 0. The fourth-order valence-corrected chi connectivity index (χ4v) is 2.35. The molecule has 0 aliphatic carbocycles. The maximum absolute atomic E-state index is 11.8. The first kappa shape index (κ1) is 17.5. The van der Waals surface area contributed by atoms with E-state index in [0.717, 1.165) is 11.1 Å². The summed E-state index contributed by atoms with van der Waals surface area (Å²) in [5.41, 5.74) is 2.53. The Hall–Kier alpha value is -3.28. The Bertz CT molecular complexity index is 827. The minimum Gasteiger partial charge on any atom is -0.486 e. The van der Waals surface area contributed by atoms with Crippen LogP contribution in [0, 0.1) is 6.92 Å². The van der Waals surface area contributed by atoms with Crippen molar-refractivity contribution >= 4 is 23.6 Å². The molecule has 1 N–H and O–H groups in total. The average Bonchev–Trinajstić information content (AvgIpc) is 2.66. The van der Waals surface area contributed by atoms with Crippen LogP contribution in [0.15, 0.2) is 48.5 Å². The monoisotopic (exact) mass is 353 g/mol. The maximum Gasteiger partial charge on any atom is 0.331 e. The number of amides is 1. The van der Waals surface area contributed by atoms with Gasteiger partial charge in [-0.1, -0.05) is 23.8 Å². The van der Waals surface area contributed by atoms with Crippen molar-refractivity contribution in [1.82, 2.24) is 0 Å². The highest BCUT2D eigenvalue weighted by Crippen LogP contribution is 2.31. The molecule has 2 aromatic carbocycles. The van der Waals surface area contributed by atoms with Gasteiger partial charge < -0.3 is 19.5 Å². The zero-order chi connectivity index (χ0) is 18.4. The second-order valence-corrected chi connectivity index (χ2v) is 5.76. The van der Waals surface area contributed by atoms with Crippen LogP contribution in [0.3, 0.4) is 0 Å². The molecule has 1 heterocycles. The Morgan fingerprint density at radius 3 is 2.58 bits per heavy atom. The molecular weight excluding hydrogens is 334 g/mol. The molecule has 26 heavy (non-hydrogen) atoms. The molecule has 6 nitrogen and oxygen atoms in total. The number of nitrogens with one attached hydrogen (secondary N) is 1. The molecule has 0 bridgehead atoms. The van der Waals surface area contributed by atoms with Gasteiger partial charge in [-0.15, -0.1) is 0 Å². The van der Waals surface area contributed by atoms with Gasteiger partial charge in [0.2, 0.25) is 0 Å². The largest absolute Gasteiger partial charge is 0.486 e. The topological polar surface area (TPSA) is 73.9 Å². The third-order valence-electron chi connectivity index (χ3n) is 3.66. The van der Waals surface area contributed by atoms with E-state index in [1.807, 2.05) is 19.1 Å². The fraction of sp³-hybridized carbons (Fsp3) is 0.200. The smallest absolute Gasteiger partial charge is 0.331 e. The summed E-state index contributed by atoms with van der Waals surface area (Å²) in [6.45, 7) is 2.64. The van der Waals surface area contributed by atoms with Crippen LogP contribution in [0.25, 0.3) is 6.08 Å². The fourth-order valence-electron chi connectivity index (χ4n) is 2.35. The van der Waals surface area contributed by atoms with E-state index in [9.17, 15) is 9.59 Å². The van der Waals surface area contributed by atoms with Crippen LogP contribution in [-0.2, 0) is 14.3 Å². The van der Waals surface area contributed by atoms with Crippen LogP contribution in [0.2, 0.25) is 0 Å². The number of hydrogen-bond donors (Lipinski definition) is 1. The molecule has 3 rings (SSSR count). The van der Waals surface area contributed by atoms with Crippen molar-refractivity contribution in [2.75, 3.05) is 25.1 Å². The van der Waals surface area contributed by atoms with E-state index in [1.165, 1.54) is 6.08 Å². The Balaban J connectivity index is 1.48. The van der Waals surface area contributed by atoms with E-state index in [2.05, 4.69) is 5.32 Å². The normalized spacial score (nSPS) is 12.7. The van der Waals surface area contributed by atoms with Gasteiger partial charge in [0, 0.05) is 11.8 Å². The summed E-state index contributed by atoms with van der Waals surface area (Å²) in [7, 11) is 0. The zero-order valence-electron chi connectivity index (χ0n) is 14.4. The third-order valence-corrected chi connectivity index (χ3v) is 3.66. The molecule has 0 spiro atoms. The van der Waals surface area contributed by atoms with Crippen molar-refractivity contribution in [3.8, 4) is 11.5 Å². The van der Waals surface area contributed by atoms with Gasteiger partial charge in [-0.2, -0.15) is 0 Å².